The summed E-state index contributed by atoms with van der Waals surface area (Å²) in [6, 6.07) is 0. The van der Waals surface area contributed by atoms with Crippen molar-refractivity contribution in [1.82, 2.24) is 0 Å². The molecule has 0 spiro atoms. The molecule has 0 radical (unpaired) electrons. The van der Waals surface area contributed by atoms with Gasteiger partial charge in [-0.1, -0.05) is 0 Å². The minimum Gasteiger partial charge on any atom is -1.00 e. The topological polar surface area (TPSA) is 23.1 Å². The molecular formula is HCl2LiOS. The molecule has 0 rings (SSSR count). The van der Waals surface area contributed by atoms with Gasteiger partial charge in [-0.3, -0.25) is 0 Å². The van der Waals surface area contributed by atoms with Crippen molar-refractivity contribution >= 4 is 31.0 Å². The van der Waals surface area contributed by atoms with Crippen molar-refractivity contribution in [2.75, 3.05) is 0 Å². The number of hydrogen-bond acceptors (Lipinski definition) is 1. The van der Waals surface area contributed by atoms with Crippen LogP contribution < -0.4 is 18.9 Å². The summed E-state index contributed by atoms with van der Waals surface area (Å²) >= 11 is 0. The van der Waals surface area contributed by atoms with E-state index in [2.05, 4.69) is 21.4 Å². The van der Waals surface area contributed by atoms with E-state index in [1.54, 1.807) is 0 Å². The molecule has 0 aromatic heterocycles. The van der Waals surface area contributed by atoms with Crippen LogP contribution in [0.15, 0.2) is 0 Å². The van der Waals surface area contributed by atoms with Gasteiger partial charge in [-0.05, 0) is 0 Å². The molecule has 1 nitrogen and oxygen atoms in total. The van der Waals surface area contributed by atoms with Gasteiger partial charge >= 0.3 is 18.9 Å². The summed E-state index contributed by atoms with van der Waals surface area (Å²) in [6.45, 7) is 0. The Kier molecular flexibility index (Phi) is 10.6. The molecule has 0 aromatic carbocycles. The van der Waals surface area contributed by atoms with Crippen LogP contribution in [0.4, 0.5) is 0 Å². The van der Waals surface area contributed by atoms with E-state index in [0.29, 0.717) is 0 Å². The molecule has 0 aliphatic rings. The van der Waals surface area contributed by atoms with Crippen LogP contribution in [-0.2, 0) is 9.60 Å². The van der Waals surface area contributed by atoms with Gasteiger partial charge in [0.2, 0.25) is 0 Å². The second kappa shape index (κ2) is 5.49. The Morgan fingerprint density at radius 3 is 1.60 bits per heavy atom. The molecule has 28 valence electrons. The standard InChI is InChI=1S/Cl2OS.Li.H/c1-4(2)3;;/q;+1;-1. The Bertz CT molecular complexity index is 18.3. The monoisotopic (exact) mass is 126 g/mol. The van der Waals surface area contributed by atoms with E-state index in [1.165, 1.54) is 0 Å². The summed E-state index contributed by atoms with van der Waals surface area (Å²) in [5.41, 5.74) is 0. The predicted molar refractivity (Wildman–Crippen MR) is 21.0 cm³/mol. The van der Waals surface area contributed by atoms with Crippen molar-refractivity contribution in [2.24, 2.45) is 0 Å². The fourth-order valence-electron chi connectivity index (χ4n) is 0. The molecule has 0 unspecified atom stereocenters. The maximum Gasteiger partial charge on any atom is 1.00 e. The molecule has 0 saturated carbocycles. The van der Waals surface area contributed by atoms with Gasteiger partial charge in [0, 0.05) is 0 Å². The van der Waals surface area contributed by atoms with Gasteiger partial charge in [-0.2, -0.15) is 0 Å². The van der Waals surface area contributed by atoms with E-state index < -0.39 is 9.60 Å². The maximum atomic E-state index is 9.09. The first-order valence-corrected chi connectivity index (χ1v) is 3.28. The van der Waals surface area contributed by atoms with E-state index in [1.807, 2.05) is 0 Å². The first kappa shape index (κ1) is 9.70. The van der Waals surface area contributed by atoms with Gasteiger partial charge < -0.3 is 5.98 Å². The Hall–Kier alpha value is 1.49. The average molecular weight is 127 g/mol. The average Bonchev–Trinajstić information content (AvgIpc) is 0.811. The number of hydrogen-bond donors (Lipinski definition) is 0. The van der Waals surface area contributed by atoms with Crippen molar-refractivity contribution in [3.05, 3.63) is 0 Å². The van der Waals surface area contributed by atoms with Gasteiger partial charge in [0.25, 0.3) is 0 Å². The molecule has 0 aliphatic carbocycles. The number of halogens is 2. The Balaban J connectivity index is -0.0000000450. The van der Waals surface area contributed by atoms with Crippen LogP contribution in [-0.4, -0.2) is 4.55 Å². The molecule has 0 atom stereocenters. The third kappa shape index (κ3) is 30.2. The van der Waals surface area contributed by atoms with Crippen LogP contribution in [0, 0.1) is 0 Å². The van der Waals surface area contributed by atoms with Crippen LogP contribution in [0.5, 0.6) is 0 Å². The van der Waals surface area contributed by atoms with Crippen LogP contribution >= 0.6 is 21.4 Å². The molecule has 0 N–H and O–H groups in total. The van der Waals surface area contributed by atoms with Crippen molar-refractivity contribution < 1.29 is 24.8 Å². The smallest absolute Gasteiger partial charge is 1.00 e. The molecule has 0 amide bonds. The first-order chi connectivity index (χ1) is 1.73. The van der Waals surface area contributed by atoms with Crippen molar-refractivity contribution in [1.29, 1.82) is 0 Å². The van der Waals surface area contributed by atoms with Crippen molar-refractivity contribution in [2.45, 2.75) is 0 Å². The fourth-order valence-corrected chi connectivity index (χ4v) is 0. The molecular weight excluding hydrogens is 126 g/mol. The number of rotatable bonds is 0. The third-order valence-electron chi connectivity index (χ3n) is 0. The molecule has 0 heterocycles. The zero-order valence-corrected chi connectivity index (χ0v) is 4.90. The molecule has 5 heavy (non-hydrogen) atoms. The van der Waals surface area contributed by atoms with Crippen molar-refractivity contribution in [3.8, 4) is 0 Å². The van der Waals surface area contributed by atoms with Crippen molar-refractivity contribution in [3.63, 3.8) is 0 Å². The first-order valence-electron chi connectivity index (χ1n) is 0.475. The van der Waals surface area contributed by atoms with Crippen LogP contribution in [0.25, 0.3) is 0 Å². The van der Waals surface area contributed by atoms with E-state index in [-0.39, 0.29) is 20.3 Å². The second-order valence-corrected chi connectivity index (χ2v) is 2.71. The molecule has 0 bridgehead atoms. The fraction of sp³-hybridized carbons (Fsp3) is 0. The normalized spacial score (nSPS) is 7.20. The van der Waals surface area contributed by atoms with Gasteiger partial charge in [0.05, 0.1) is 0 Å². The van der Waals surface area contributed by atoms with E-state index in [9.17, 15) is 0 Å². The zero-order valence-electron chi connectivity index (χ0n) is 3.57. The molecule has 0 fully saturated rings. The van der Waals surface area contributed by atoms with Crippen LogP contribution in [0.2, 0.25) is 0 Å². The summed E-state index contributed by atoms with van der Waals surface area (Å²) in [7, 11) is 7.36. The largest absolute Gasteiger partial charge is 1.00 e. The SMILES string of the molecule is [H-].[Li+].[O-][S+](Cl)Cl. The van der Waals surface area contributed by atoms with E-state index in [4.69, 9.17) is 4.55 Å². The summed E-state index contributed by atoms with van der Waals surface area (Å²) in [6.07, 6.45) is 0. The Morgan fingerprint density at radius 1 is 1.60 bits per heavy atom. The van der Waals surface area contributed by atoms with Gasteiger partial charge in [-0.15, -0.1) is 0 Å². The van der Waals surface area contributed by atoms with Gasteiger partial charge in [0.1, 0.15) is 0 Å². The third-order valence-corrected chi connectivity index (χ3v) is 0. The quantitative estimate of drug-likeness (QED) is 0.277. The summed E-state index contributed by atoms with van der Waals surface area (Å²) in [5, 5.41) is 0. The Labute approximate surface area is 55.9 Å². The summed E-state index contributed by atoms with van der Waals surface area (Å²) < 4.78 is 9.09. The van der Waals surface area contributed by atoms with Crippen LogP contribution in [0.3, 0.4) is 0 Å². The minimum atomic E-state index is -1.67. The minimum absolute atomic E-state index is 0. The zero-order chi connectivity index (χ0) is 3.58. The van der Waals surface area contributed by atoms with E-state index >= 15 is 0 Å². The van der Waals surface area contributed by atoms with E-state index in [0.717, 1.165) is 0 Å². The molecule has 0 aromatic rings. The summed E-state index contributed by atoms with van der Waals surface area (Å²) in [4.78, 5) is 0. The Morgan fingerprint density at radius 2 is 1.60 bits per heavy atom. The van der Waals surface area contributed by atoms with Gasteiger partial charge in [0.15, 0.2) is 31.0 Å². The predicted octanol–water partition coefficient (Wildman–Crippen LogP) is -1.84. The summed E-state index contributed by atoms with van der Waals surface area (Å²) in [5.74, 6) is 0. The molecule has 5 heteroatoms. The second-order valence-electron chi connectivity index (χ2n) is 0.184. The molecule has 0 saturated heterocycles. The maximum absolute atomic E-state index is 9.09. The van der Waals surface area contributed by atoms with Crippen LogP contribution in [0.1, 0.15) is 1.43 Å². The van der Waals surface area contributed by atoms with Gasteiger partial charge in [-0.25, -0.2) is 0 Å². The molecule has 0 aliphatic heterocycles.